The van der Waals surface area contributed by atoms with Crippen molar-refractivity contribution in [1.29, 1.82) is 0 Å². The molecule has 0 spiro atoms. The summed E-state index contributed by atoms with van der Waals surface area (Å²) < 4.78 is 10.7. The van der Waals surface area contributed by atoms with E-state index in [2.05, 4.69) is 0 Å². The molecule has 5 heteroatoms. The van der Waals surface area contributed by atoms with Gasteiger partial charge in [0.25, 0.3) is 0 Å². The highest BCUT2D eigenvalue weighted by Crippen LogP contribution is 2.37. The van der Waals surface area contributed by atoms with E-state index in [-0.39, 0.29) is 6.10 Å². The predicted molar refractivity (Wildman–Crippen MR) is 70.4 cm³/mol. The number of methoxy groups -OCH3 is 1. The monoisotopic (exact) mass is 270 g/mol. The molecule has 0 aliphatic heterocycles. The van der Waals surface area contributed by atoms with Crippen molar-refractivity contribution >= 4 is 23.6 Å². The zero-order chi connectivity index (χ0) is 13.7. The van der Waals surface area contributed by atoms with Gasteiger partial charge in [0.2, 0.25) is 0 Å². The highest BCUT2D eigenvalue weighted by Gasteiger charge is 2.12. The summed E-state index contributed by atoms with van der Waals surface area (Å²) in [6.45, 7) is 3.77. The van der Waals surface area contributed by atoms with Crippen molar-refractivity contribution in [3.63, 3.8) is 0 Å². The number of carboxylic acids is 1. The Bertz CT molecular complexity index is 466. The van der Waals surface area contributed by atoms with E-state index in [1.54, 1.807) is 12.1 Å². The van der Waals surface area contributed by atoms with E-state index in [4.69, 9.17) is 26.2 Å². The molecule has 0 aliphatic rings. The molecule has 0 aliphatic carbocycles. The Hall–Kier alpha value is -1.68. The van der Waals surface area contributed by atoms with E-state index < -0.39 is 5.97 Å². The molecule has 0 unspecified atom stereocenters. The van der Waals surface area contributed by atoms with Crippen LogP contribution in [0.1, 0.15) is 19.4 Å². The van der Waals surface area contributed by atoms with Gasteiger partial charge in [-0.15, -0.1) is 0 Å². The largest absolute Gasteiger partial charge is 0.493 e. The van der Waals surface area contributed by atoms with Crippen molar-refractivity contribution in [2.24, 2.45) is 0 Å². The first kappa shape index (κ1) is 14.4. The third-order valence-corrected chi connectivity index (χ3v) is 2.30. The van der Waals surface area contributed by atoms with Crippen molar-refractivity contribution in [2.45, 2.75) is 20.0 Å². The van der Waals surface area contributed by atoms with Crippen molar-refractivity contribution < 1.29 is 19.4 Å². The summed E-state index contributed by atoms with van der Waals surface area (Å²) >= 11 is 6.09. The standard InChI is InChI=1S/C13H15ClO4/c1-8(2)18-13-10(14)6-9(4-5-12(15)16)7-11(13)17-3/h4-8H,1-3H3,(H,15,16). The molecule has 4 nitrogen and oxygen atoms in total. The van der Waals surface area contributed by atoms with Crippen LogP contribution in [0.15, 0.2) is 18.2 Å². The summed E-state index contributed by atoms with van der Waals surface area (Å²) in [5, 5.41) is 8.95. The molecule has 1 N–H and O–H groups in total. The fourth-order valence-corrected chi connectivity index (χ4v) is 1.62. The molecule has 0 aromatic heterocycles. The van der Waals surface area contributed by atoms with Crippen LogP contribution in [0, 0.1) is 0 Å². The van der Waals surface area contributed by atoms with Crippen LogP contribution in [0.3, 0.4) is 0 Å². The number of carboxylic acid groups (broad SMARTS) is 1. The second-order valence-electron chi connectivity index (χ2n) is 3.87. The molecule has 1 aromatic carbocycles. The maximum Gasteiger partial charge on any atom is 0.328 e. The molecule has 0 saturated carbocycles. The summed E-state index contributed by atoms with van der Waals surface area (Å²) in [7, 11) is 1.50. The Morgan fingerprint density at radius 1 is 1.44 bits per heavy atom. The maximum absolute atomic E-state index is 10.4. The van der Waals surface area contributed by atoms with Crippen LogP contribution >= 0.6 is 11.6 Å². The molecule has 1 rings (SSSR count). The third kappa shape index (κ3) is 3.96. The first-order chi connectivity index (χ1) is 8.43. The van der Waals surface area contributed by atoms with Crippen molar-refractivity contribution in [3.8, 4) is 11.5 Å². The van der Waals surface area contributed by atoms with Gasteiger partial charge in [0.15, 0.2) is 11.5 Å². The van der Waals surface area contributed by atoms with Crippen LogP contribution < -0.4 is 9.47 Å². The molecule has 0 radical (unpaired) electrons. The van der Waals surface area contributed by atoms with Crippen LogP contribution in [0.4, 0.5) is 0 Å². The Balaban J connectivity index is 3.14. The quantitative estimate of drug-likeness (QED) is 0.835. The first-order valence-corrected chi connectivity index (χ1v) is 5.77. The maximum atomic E-state index is 10.4. The number of hydrogen-bond donors (Lipinski definition) is 1. The average molecular weight is 271 g/mol. The van der Waals surface area contributed by atoms with Gasteiger partial charge in [-0.2, -0.15) is 0 Å². The molecule has 0 amide bonds. The lowest BCUT2D eigenvalue weighted by Gasteiger charge is -2.15. The van der Waals surface area contributed by atoms with Gasteiger partial charge in [-0.3, -0.25) is 0 Å². The minimum absolute atomic E-state index is 0.0307. The number of rotatable bonds is 5. The number of halogens is 1. The zero-order valence-electron chi connectivity index (χ0n) is 10.4. The number of benzene rings is 1. The summed E-state index contributed by atoms with van der Waals surface area (Å²) in [4.78, 5) is 10.4. The summed E-state index contributed by atoms with van der Waals surface area (Å²) in [6, 6.07) is 3.30. The third-order valence-electron chi connectivity index (χ3n) is 2.02. The smallest absolute Gasteiger partial charge is 0.328 e. The number of hydrogen-bond acceptors (Lipinski definition) is 3. The van der Waals surface area contributed by atoms with E-state index in [0.29, 0.717) is 22.1 Å². The van der Waals surface area contributed by atoms with Gasteiger partial charge in [-0.1, -0.05) is 11.6 Å². The number of ether oxygens (including phenoxy) is 2. The van der Waals surface area contributed by atoms with Gasteiger partial charge in [0.1, 0.15) is 0 Å². The van der Waals surface area contributed by atoms with E-state index in [1.807, 2.05) is 13.8 Å². The fourth-order valence-electron chi connectivity index (χ4n) is 1.35. The van der Waals surface area contributed by atoms with Gasteiger partial charge in [-0.05, 0) is 37.6 Å². The Morgan fingerprint density at radius 2 is 2.11 bits per heavy atom. The molecule has 0 atom stereocenters. The second kappa shape index (κ2) is 6.31. The molecular formula is C13H15ClO4. The topological polar surface area (TPSA) is 55.8 Å². The molecule has 18 heavy (non-hydrogen) atoms. The SMILES string of the molecule is COc1cc(C=CC(=O)O)cc(Cl)c1OC(C)C. The Labute approximate surface area is 111 Å². The van der Waals surface area contributed by atoms with Crippen LogP contribution in [0.5, 0.6) is 11.5 Å². The highest BCUT2D eigenvalue weighted by atomic mass is 35.5. The van der Waals surface area contributed by atoms with Gasteiger partial charge < -0.3 is 14.6 Å². The Morgan fingerprint density at radius 3 is 2.61 bits per heavy atom. The first-order valence-electron chi connectivity index (χ1n) is 5.39. The normalized spacial score (nSPS) is 10.9. The van der Waals surface area contributed by atoms with E-state index in [1.165, 1.54) is 13.2 Å². The van der Waals surface area contributed by atoms with Crippen LogP contribution in [0.25, 0.3) is 6.08 Å². The summed E-state index contributed by atoms with van der Waals surface area (Å²) in [5.74, 6) is -0.0875. The molecule has 0 fully saturated rings. The van der Waals surface area contributed by atoms with Gasteiger partial charge >= 0.3 is 5.97 Å². The van der Waals surface area contributed by atoms with E-state index in [0.717, 1.165) is 6.08 Å². The van der Waals surface area contributed by atoms with Crippen LogP contribution in [-0.4, -0.2) is 24.3 Å². The fraction of sp³-hybridized carbons (Fsp3) is 0.308. The molecule has 0 bridgehead atoms. The predicted octanol–water partition coefficient (Wildman–Crippen LogP) is 3.23. The van der Waals surface area contributed by atoms with E-state index in [9.17, 15) is 4.79 Å². The lowest BCUT2D eigenvalue weighted by atomic mass is 10.2. The number of aliphatic carboxylic acids is 1. The van der Waals surface area contributed by atoms with Gasteiger partial charge in [-0.25, -0.2) is 4.79 Å². The number of carbonyl (C=O) groups is 1. The molecule has 1 aromatic rings. The van der Waals surface area contributed by atoms with Crippen molar-refractivity contribution in [1.82, 2.24) is 0 Å². The van der Waals surface area contributed by atoms with Crippen molar-refractivity contribution in [3.05, 3.63) is 28.8 Å². The molecule has 98 valence electrons. The Kier molecular flexibility index (Phi) is 5.04. The minimum Gasteiger partial charge on any atom is -0.493 e. The molecule has 0 saturated heterocycles. The summed E-state index contributed by atoms with van der Waals surface area (Å²) in [5.41, 5.74) is 0.635. The van der Waals surface area contributed by atoms with Gasteiger partial charge in [0.05, 0.1) is 18.2 Å². The average Bonchev–Trinajstić information content (AvgIpc) is 2.28. The van der Waals surface area contributed by atoms with Gasteiger partial charge in [0, 0.05) is 6.08 Å². The zero-order valence-corrected chi connectivity index (χ0v) is 11.2. The van der Waals surface area contributed by atoms with E-state index >= 15 is 0 Å². The lowest BCUT2D eigenvalue weighted by molar-refractivity contribution is -0.131. The second-order valence-corrected chi connectivity index (χ2v) is 4.28. The lowest BCUT2D eigenvalue weighted by Crippen LogP contribution is -2.07. The summed E-state index contributed by atoms with van der Waals surface area (Å²) in [6.07, 6.45) is 2.45. The molecule has 0 heterocycles. The minimum atomic E-state index is -1.02. The van der Waals surface area contributed by atoms with Crippen LogP contribution in [0.2, 0.25) is 5.02 Å². The highest BCUT2D eigenvalue weighted by molar-refractivity contribution is 6.32. The molecular weight excluding hydrogens is 256 g/mol. The van der Waals surface area contributed by atoms with Crippen molar-refractivity contribution in [2.75, 3.05) is 7.11 Å². The van der Waals surface area contributed by atoms with Crippen LogP contribution in [-0.2, 0) is 4.79 Å².